The Hall–Kier alpha value is -3.48. The first-order valence-corrected chi connectivity index (χ1v) is 9.35. The Morgan fingerprint density at radius 1 is 1.17 bits per heavy atom. The SMILES string of the molecule is CC(C)CC(=O)C1=C(O)C(=O)N(Cc2ccccc2)C1c1cccc([N+](=O)[O-])c1. The molecule has 7 nitrogen and oxygen atoms in total. The van der Waals surface area contributed by atoms with Gasteiger partial charge in [0.1, 0.15) is 0 Å². The van der Waals surface area contributed by atoms with E-state index in [9.17, 15) is 24.8 Å². The molecule has 1 unspecified atom stereocenters. The molecule has 1 aliphatic rings. The summed E-state index contributed by atoms with van der Waals surface area (Å²) >= 11 is 0. The highest BCUT2D eigenvalue weighted by atomic mass is 16.6. The Balaban J connectivity index is 2.09. The monoisotopic (exact) mass is 394 g/mol. The van der Waals surface area contributed by atoms with Gasteiger partial charge < -0.3 is 10.0 Å². The number of aliphatic hydroxyl groups is 1. The van der Waals surface area contributed by atoms with Crippen molar-refractivity contribution in [1.82, 2.24) is 4.90 Å². The molecule has 0 spiro atoms. The molecule has 150 valence electrons. The summed E-state index contributed by atoms with van der Waals surface area (Å²) in [6.07, 6.45) is 0.164. The Labute approximate surface area is 168 Å². The van der Waals surface area contributed by atoms with Crippen LogP contribution in [0.5, 0.6) is 0 Å². The molecule has 1 aliphatic heterocycles. The summed E-state index contributed by atoms with van der Waals surface area (Å²) in [6, 6.07) is 14.1. The van der Waals surface area contributed by atoms with Crippen LogP contribution in [0.1, 0.15) is 37.4 Å². The van der Waals surface area contributed by atoms with Crippen LogP contribution >= 0.6 is 0 Å². The number of aliphatic hydroxyl groups excluding tert-OH is 1. The normalized spacial score (nSPS) is 16.6. The van der Waals surface area contributed by atoms with E-state index >= 15 is 0 Å². The molecule has 29 heavy (non-hydrogen) atoms. The van der Waals surface area contributed by atoms with E-state index in [-0.39, 0.29) is 35.9 Å². The summed E-state index contributed by atoms with van der Waals surface area (Å²) in [6.45, 7) is 3.91. The van der Waals surface area contributed by atoms with Crippen molar-refractivity contribution in [2.45, 2.75) is 32.9 Å². The predicted octanol–water partition coefficient (Wildman–Crippen LogP) is 4.11. The van der Waals surface area contributed by atoms with Gasteiger partial charge >= 0.3 is 0 Å². The van der Waals surface area contributed by atoms with Crippen LogP contribution in [0, 0.1) is 16.0 Å². The van der Waals surface area contributed by atoms with Crippen LogP contribution in [0.25, 0.3) is 0 Å². The van der Waals surface area contributed by atoms with Gasteiger partial charge in [0, 0.05) is 25.1 Å². The molecule has 3 rings (SSSR count). The molecular weight excluding hydrogens is 372 g/mol. The number of nitrogens with zero attached hydrogens (tertiary/aromatic N) is 2. The number of benzene rings is 2. The first kappa shape index (κ1) is 20.3. The summed E-state index contributed by atoms with van der Waals surface area (Å²) in [7, 11) is 0. The number of nitro groups is 1. The van der Waals surface area contributed by atoms with Gasteiger partial charge in [0.15, 0.2) is 11.5 Å². The van der Waals surface area contributed by atoms with Gasteiger partial charge in [-0.2, -0.15) is 0 Å². The van der Waals surface area contributed by atoms with Gasteiger partial charge in [0.25, 0.3) is 11.6 Å². The number of ketones is 1. The average Bonchev–Trinajstić information content (AvgIpc) is 2.93. The molecular formula is C22H22N2O5. The van der Waals surface area contributed by atoms with Gasteiger partial charge in [-0.25, -0.2) is 0 Å². The second kappa shape index (κ2) is 8.26. The second-order valence-corrected chi connectivity index (χ2v) is 7.46. The van der Waals surface area contributed by atoms with E-state index in [0.29, 0.717) is 5.56 Å². The van der Waals surface area contributed by atoms with Crippen molar-refractivity contribution in [3.63, 3.8) is 0 Å². The van der Waals surface area contributed by atoms with Gasteiger partial charge in [0.05, 0.1) is 16.5 Å². The minimum atomic E-state index is -0.881. The van der Waals surface area contributed by atoms with Crippen molar-refractivity contribution in [3.05, 3.63) is 87.2 Å². The lowest BCUT2D eigenvalue weighted by Gasteiger charge is -2.27. The number of Topliss-reactive ketones (excluding diaryl/α,β-unsaturated/α-hetero) is 1. The first-order chi connectivity index (χ1) is 13.8. The van der Waals surface area contributed by atoms with Gasteiger partial charge in [0.2, 0.25) is 0 Å². The van der Waals surface area contributed by atoms with Crippen LogP contribution < -0.4 is 0 Å². The number of hydrogen-bond donors (Lipinski definition) is 1. The van der Waals surface area contributed by atoms with Gasteiger partial charge in [-0.3, -0.25) is 19.7 Å². The van der Waals surface area contributed by atoms with Crippen molar-refractivity contribution >= 4 is 17.4 Å². The standard InChI is InChI=1S/C22H22N2O5/c1-14(2)11-18(25)19-20(16-9-6-10-17(12-16)24(28)29)23(22(27)21(19)26)13-15-7-4-3-5-8-15/h3-10,12,14,20,26H,11,13H2,1-2H3. The van der Waals surface area contributed by atoms with Gasteiger partial charge in [-0.15, -0.1) is 0 Å². The largest absolute Gasteiger partial charge is 0.503 e. The molecule has 0 saturated heterocycles. The third kappa shape index (κ3) is 4.18. The maximum absolute atomic E-state index is 12.9. The van der Waals surface area contributed by atoms with E-state index in [1.54, 1.807) is 6.07 Å². The van der Waals surface area contributed by atoms with Crippen molar-refractivity contribution in [3.8, 4) is 0 Å². The molecule has 0 aromatic heterocycles. The van der Waals surface area contributed by atoms with Crippen LogP contribution in [0.2, 0.25) is 0 Å². The minimum absolute atomic E-state index is 0.000120. The fourth-order valence-corrected chi connectivity index (χ4v) is 3.52. The average molecular weight is 394 g/mol. The third-order valence-corrected chi connectivity index (χ3v) is 4.79. The second-order valence-electron chi connectivity index (χ2n) is 7.46. The molecule has 0 fully saturated rings. The molecule has 1 N–H and O–H groups in total. The number of hydrogen-bond acceptors (Lipinski definition) is 5. The predicted molar refractivity (Wildman–Crippen MR) is 107 cm³/mol. The lowest BCUT2D eigenvalue weighted by Crippen LogP contribution is -2.30. The summed E-state index contributed by atoms with van der Waals surface area (Å²) in [5.74, 6) is -1.54. The minimum Gasteiger partial charge on any atom is -0.503 e. The van der Waals surface area contributed by atoms with Crippen molar-refractivity contribution in [1.29, 1.82) is 0 Å². The van der Waals surface area contributed by atoms with Crippen LogP contribution in [-0.4, -0.2) is 26.6 Å². The van der Waals surface area contributed by atoms with E-state index in [0.717, 1.165) is 5.56 Å². The Bertz CT molecular complexity index is 982. The molecule has 1 heterocycles. The first-order valence-electron chi connectivity index (χ1n) is 9.35. The molecule has 7 heteroatoms. The van der Waals surface area contributed by atoms with Crippen molar-refractivity contribution < 1.29 is 19.6 Å². The van der Waals surface area contributed by atoms with Crippen LogP contribution in [-0.2, 0) is 16.1 Å². The summed E-state index contributed by atoms with van der Waals surface area (Å²) in [4.78, 5) is 37.8. The fourth-order valence-electron chi connectivity index (χ4n) is 3.52. The van der Waals surface area contributed by atoms with E-state index in [1.165, 1.54) is 23.1 Å². The van der Waals surface area contributed by atoms with Crippen LogP contribution in [0.4, 0.5) is 5.69 Å². The van der Waals surface area contributed by atoms with Crippen molar-refractivity contribution in [2.24, 2.45) is 5.92 Å². The summed E-state index contributed by atoms with van der Waals surface area (Å²) in [5.41, 5.74) is 1.10. The highest BCUT2D eigenvalue weighted by Crippen LogP contribution is 2.40. The highest BCUT2D eigenvalue weighted by molar-refractivity contribution is 6.09. The fraction of sp³-hybridized carbons (Fsp3) is 0.273. The van der Waals surface area contributed by atoms with E-state index in [4.69, 9.17) is 0 Å². The van der Waals surface area contributed by atoms with Gasteiger partial charge in [-0.05, 0) is 17.0 Å². The van der Waals surface area contributed by atoms with Crippen LogP contribution in [0.15, 0.2) is 65.9 Å². The molecule has 2 aromatic carbocycles. The Morgan fingerprint density at radius 3 is 2.48 bits per heavy atom. The quantitative estimate of drug-likeness (QED) is 0.563. The summed E-state index contributed by atoms with van der Waals surface area (Å²) < 4.78 is 0. The maximum atomic E-state index is 12.9. The Morgan fingerprint density at radius 2 is 1.86 bits per heavy atom. The lowest BCUT2D eigenvalue weighted by atomic mass is 9.92. The van der Waals surface area contributed by atoms with Gasteiger partial charge in [-0.1, -0.05) is 56.3 Å². The molecule has 0 saturated carbocycles. The molecule has 0 radical (unpaired) electrons. The molecule has 0 bridgehead atoms. The highest BCUT2D eigenvalue weighted by Gasteiger charge is 2.43. The van der Waals surface area contributed by atoms with E-state index in [2.05, 4.69) is 0 Å². The topological polar surface area (TPSA) is 101 Å². The number of rotatable bonds is 7. The smallest absolute Gasteiger partial charge is 0.290 e. The molecule has 0 aliphatic carbocycles. The zero-order valence-corrected chi connectivity index (χ0v) is 16.2. The van der Waals surface area contributed by atoms with Crippen LogP contribution in [0.3, 0.4) is 0 Å². The zero-order chi connectivity index (χ0) is 21.1. The zero-order valence-electron chi connectivity index (χ0n) is 16.2. The Kier molecular flexibility index (Phi) is 5.77. The number of non-ortho nitro benzene ring substituents is 1. The number of carbonyl (C=O) groups excluding carboxylic acids is 2. The number of amides is 1. The van der Waals surface area contributed by atoms with E-state index < -0.39 is 22.6 Å². The maximum Gasteiger partial charge on any atom is 0.290 e. The third-order valence-electron chi connectivity index (χ3n) is 4.79. The number of nitro benzene ring substituents is 1. The number of carbonyl (C=O) groups is 2. The molecule has 2 aromatic rings. The van der Waals surface area contributed by atoms with Crippen molar-refractivity contribution in [2.75, 3.05) is 0 Å². The lowest BCUT2D eigenvalue weighted by molar-refractivity contribution is -0.384. The van der Waals surface area contributed by atoms with E-state index in [1.807, 2.05) is 44.2 Å². The molecule has 1 amide bonds. The summed E-state index contributed by atoms with van der Waals surface area (Å²) in [5, 5.41) is 21.8. The molecule has 1 atom stereocenters.